The Morgan fingerprint density at radius 3 is 2.24 bits per heavy atom. The molecule has 0 aromatic carbocycles. The minimum absolute atomic E-state index is 0.0751. The molecular weight excluding hydrogens is 269 g/mol. The van der Waals surface area contributed by atoms with E-state index in [2.05, 4.69) is 27.1 Å². The SMILES string of the molecule is CN1CCN(C2CCN(C3C(N)CNCC3F)CC2)CC1. The second-order valence-corrected chi connectivity index (χ2v) is 6.94. The molecule has 0 aromatic rings. The third-order valence-corrected chi connectivity index (χ3v) is 5.50. The maximum absolute atomic E-state index is 14.2. The Hall–Kier alpha value is -0.270. The molecule has 0 amide bonds. The molecule has 5 nitrogen and oxygen atoms in total. The summed E-state index contributed by atoms with van der Waals surface area (Å²) in [6.07, 6.45) is 1.49. The van der Waals surface area contributed by atoms with Gasteiger partial charge in [0.1, 0.15) is 6.17 Å². The quantitative estimate of drug-likeness (QED) is 0.709. The van der Waals surface area contributed by atoms with Gasteiger partial charge in [-0.1, -0.05) is 0 Å². The van der Waals surface area contributed by atoms with Crippen LogP contribution in [0.1, 0.15) is 12.8 Å². The fourth-order valence-electron chi connectivity index (χ4n) is 4.13. The number of nitrogens with zero attached hydrogens (tertiary/aromatic N) is 3. The molecule has 3 rings (SSSR count). The topological polar surface area (TPSA) is 47.8 Å². The van der Waals surface area contributed by atoms with Crippen molar-refractivity contribution in [2.75, 3.05) is 59.4 Å². The van der Waals surface area contributed by atoms with E-state index in [1.807, 2.05) is 0 Å². The molecule has 3 fully saturated rings. The van der Waals surface area contributed by atoms with E-state index in [0.29, 0.717) is 12.6 Å². The van der Waals surface area contributed by atoms with Gasteiger partial charge in [-0.2, -0.15) is 0 Å². The summed E-state index contributed by atoms with van der Waals surface area (Å²) in [6.45, 7) is 7.89. The lowest BCUT2D eigenvalue weighted by Crippen LogP contribution is -2.64. The molecule has 0 bridgehead atoms. The van der Waals surface area contributed by atoms with Crippen molar-refractivity contribution >= 4 is 0 Å². The van der Waals surface area contributed by atoms with Crippen molar-refractivity contribution in [1.29, 1.82) is 0 Å². The lowest BCUT2D eigenvalue weighted by atomic mass is 9.93. The number of hydrogen-bond donors (Lipinski definition) is 2. The molecule has 3 heterocycles. The Bertz CT molecular complexity index is 316. The highest BCUT2D eigenvalue weighted by molar-refractivity contribution is 4.96. The molecule has 3 atom stereocenters. The van der Waals surface area contributed by atoms with Gasteiger partial charge < -0.3 is 16.0 Å². The average Bonchev–Trinajstić information content (AvgIpc) is 2.49. The second-order valence-electron chi connectivity index (χ2n) is 6.94. The number of nitrogens with one attached hydrogen (secondary N) is 1. The van der Waals surface area contributed by atoms with Crippen LogP contribution >= 0.6 is 0 Å². The number of piperidine rings is 2. The van der Waals surface area contributed by atoms with Crippen molar-refractivity contribution in [3.8, 4) is 0 Å². The standard InChI is InChI=1S/C15H30FN5/c1-19-6-8-20(9-7-19)12-2-4-21(5-3-12)15-13(16)10-18-11-14(15)17/h12-15,18H,2-11,17H2,1H3. The third-order valence-electron chi connectivity index (χ3n) is 5.50. The molecule has 0 saturated carbocycles. The summed E-state index contributed by atoms with van der Waals surface area (Å²) in [4.78, 5) is 7.34. The summed E-state index contributed by atoms with van der Waals surface area (Å²) in [5.74, 6) is 0. The van der Waals surface area contributed by atoms with E-state index >= 15 is 0 Å². The minimum Gasteiger partial charge on any atom is -0.325 e. The van der Waals surface area contributed by atoms with Gasteiger partial charge in [0, 0.05) is 64.4 Å². The summed E-state index contributed by atoms with van der Waals surface area (Å²) in [5, 5.41) is 3.08. The van der Waals surface area contributed by atoms with Crippen molar-refractivity contribution in [1.82, 2.24) is 20.0 Å². The zero-order valence-electron chi connectivity index (χ0n) is 13.2. The minimum atomic E-state index is -0.825. The highest BCUT2D eigenvalue weighted by Crippen LogP contribution is 2.23. The van der Waals surface area contributed by atoms with Crippen molar-refractivity contribution in [2.45, 2.75) is 37.1 Å². The van der Waals surface area contributed by atoms with Crippen LogP contribution in [0, 0.1) is 0 Å². The number of piperazine rings is 1. The Morgan fingerprint density at radius 1 is 0.952 bits per heavy atom. The number of alkyl halides is 1. The van der Waals surface area contributed by atoms with E-state index in [1.54, 1.807) is 0 Å². The molecule has 0 radical (unpaired) electrons. The first-order valence-corrected chi connectivity index (χ1v) is 8.42. The number of rotatable bonds is 2. The van der Waals surface area contributed by atoms with Gasteiger partial charge in [-0.05, 0) is 19.9 Å². The van der Waals surface area contributed by atoms with E-state index in [4.69, 9.17) is 5.73 Å². The summed E-state index contributed by atoms with van der Waals surface area (Å²) >= 11 is 0. The van der Waals surface area contributed by atoms with Gasteiger partial charge in [0.2, 0.25) is 0 Å². The van der Waals surface area contributed by atoms with Crippen LogP contribution < -0.4 is 11.1 Å². The number of hydrogen-bond acceptors (Lipinski definition) is 5. The van der Waals surface area contributed by atoms with Crippen LogP contribution in [0.4, 0.5) is 4.39 Å². The molecule has 3 saturated heterocycles. The van der Waals surface area contributed by atoms with Crippen LogP contribution in [-0.4, -0.2) is 98.4 Å². The zero-order valence-corrected chi connectivity index (χ0v) is 13.2. The van der Waals surface area contributed by atoms with E-state index in [1.165, 1.54) is 26.2 Å². The van der Waals surface area contributed by atoms with E-state index in [0.717, 1.165) is 32.5 Å². The molecule has 122 valence electrons. The Morgan fingerprint density at radius 2 is 1.62 bits per heavy atom. The highest BCUT2D eigenvalue weighted by Gasteiger charge is 2.38. The van der Waals surface area contributed by atoms with Crippen LogP contribution in [0.2, 0.25) is 0 Å². The lowest BCUT2D eigenvalue weighted by Gasteiger charge is -2.46. The normalized spacial score (nSPS) is 38.7. The van der Waals surface area contributed by atoms with Gasteiger partial charge in [0.05, 0.1) is 6.04 Å². The number of likely N-dealkylation sites (N-methyl/N-ethyl adjacent to an activating group) is 1. The summed E-state index contributed by atoms with van der Waals surface area (Å²) in [5.41, 5.74) is 6.13. The summed E-state index contributed by atoms with van der Waals surface area (Å²) < 4.78 is 14.2. The van der Waals surface area contributed by atoms with Crippen molar-refractivity contribution in [3.63, 3.8) is 0 Å². The maximum atomic E-state index is 14.2. The Labute approximate surface area is 127 Å². The number of halogens is 1. The monoisotopic (exact) mass is 299 g/mol. The third kappa shape index (κ3) is 3.56. The maximum Gasteiger partial charge on any atom is 0.129 e. The van der Waals surface area contributed by atoms with E-state index in [9.17, 15) is 4.39 Å². The van der Waals surface area contributed by atoms with Gasteiger partial charge in [-0.25, -0.2) is 4.39 Å². The Kier molecular flexibility index (Phi) is 5.11. The predicted octanol–water partition coefficient (Wildman–Crippen LogP) is -0.665. The second kappa shape index (κ2) is 6.87. The van der Waals surface area contributed by atoms with Gasteiger partial charge in [0.15, 0.2) is 0 Å². The first-order chi connectivity index (χ1) is 10.1. The van der Waals surface area contributed by atoms with Crippen molar-refractivity contribution in [3.05, 3.63) is 0 Å². The molecule has 0 aromatic heterocycles. The smallest absolute Gasteiger partial charge is 0.129 e. The predicted molar refractivity (Wildman–Crippen MR) is 83.2 cm³/mol. The molecule has 3 aliphatic heterocycles. The van der Waals surface area contributed by atoms with E-state index < -0.39 is 6.17 Å². The lowest BCUT2D eigenvalue weighted by molar-refractivity contribution is 0.0184. The number of nitrogens with two attached hydrogens (primary N) is 1. The van der Waals surface area contributed by atoms with Gasteiger partial charge in [-0.15, -0.1) is 0 Å². The fraction of sp³-hybridized carbons (Fsp3) is 1.00. The molecule has 0 spiro atoms. The van der Waals surface area contributed by atoms with E-state index in [-0.39, 0.29) is 12.1 Å². The highest BCUT2D eigenvalue weighted by atomic mass is 19.1. The van der Waals surface area contributed by atoms with Crippen LogP contribution in [-0.2, 0) is 0 Å². The van der Waals surface area contributed by atoms with Gasteiger partial charge in [0.25, 0.3) is 0 Å². The zero-order chi connectivity index (χ0) is 14.8. The fourth-order valence-corrected chi connectivity index (χ4v) is 4.13. The molecule has 0 aliphatic carbocycles. The molecule has 21 heavy (non-hydrogen) atoms. The molecule has 3 N–H and O–H groups in total. The van der Waals surface area contributed by atoms with Gasteiger partial charge >= 0.3 is 0 Å². The molecule has 3 aliphatic rings. The Balaban J connectivity index is 1.50. The van der Waals surface area contributed by atoms with Gasteiger partial charge in [-0.3, -0.25) is 9.80 Å². The van der Waals surface area contributed by atoms with Crippen LogP contribution in [0.5, 0.6) is 0 Å². The summed E-state index contributed by atoms with van der Waals surface area (Å²) in [7, 11) is 2.19. The van der Waals surface area contributed by atoms with Crippen LogP contribution in [0.15, 0.2) is 0 Å². The van der Waals surface area contributed by atoms with Crippen LogP contribution in [0.3, 0.4) is 0 Å². The molecule has 3 unspecified atom stereocenters. The number of likely N-dealkylation sites (tertiary alicyclic amines) is 1. The molecule has 6 heteroatoms. The van der Waals surface area contributed by atoms with Crippen molar-refractivity contribution < 1.29 is 4.39 Å². The van der Waals surface area contributed by atoms with Crippen LogP contribution in [0.25, 0.3) is 0 Å². The van der Waals surface area contributed by atoms with Crippen molar-refractivity contribution in [2.24, 2.45) is 5.73 Å². The average molecular weight is 299 g/mol. The first kappa shape index (κ1) is 15.6. The first-order valence-electron chi connectivity index (χ1n) is 8.42. The largest absolute Gasteiger partial charge is 0.325 e. The molecular formula is C15H30FN5. The summed E-state index contributed by atoms with van der Waals surface area (Å²) in [6, 6.07) is 0.527.